The second-order valence-corrected chi connectivity index (χ2v) is 7.55. The van der Waals surface area contributed by atoms with Crippen LogP contribution in [0.2, 0.25) is 0 Å². The largest absolute Gasteiger partial charge is 0.376 e. The van der Waals surface area contributed by atoms with Gasteiger partial charge in [-0.15, -0.1) is 0 Å². The predicted molar refractivity (Wildman–Crippen MR) is 79.7 cm³/mol. The van der Waals surface area contributed by atoms with Crippen molar-refractivity contribution in [2.24, 2.45) is 0 Å². The van der Waals surface area contributed by atoms with Crippen LogP contribution < -0.4 is 0 Å². The van der Waals surface area contributed by atoms with Gasteiger partial charge < -0.3 is 4.74 Å². The lowest BCUT2D eigenvalue weighted by Crippen LogP contribution is -2.48. The van der Waals surface area contributed by atoms with Crippen molar-refractivity contribution in [2.45, 2.75) is 30.9 Å². The van der Waals surface area contributed by atoms with Crippen molar-refractivity contribution in [3.63, 3.8) is 0 Å². The molecular weight excluding hydrogens is 288 g/mol. The van der Waals surface area contributed by atoms with Crippen LogP contribution in [0.1, 0.15) is 19.4 Å². The number of benzene rings is 1. The SMILES string of the molecule is CC1CN(CCS(=O)(=O)c2ccc(C#N)cc2)C(C)CO1. The van der Waals surface area contributed by atoms with Crippen LogP contribution in [-0.4, -0.2) is 50.9 Å². The van der Waals surface area contributed by atoms with Crippen LogP contribution in [0.5, 0.6) is 0 Å². The zero-order chi connectivity index (χ0) is 15.5. The lowest BCUT2D eigenvalue weighted by atomic mass is 10.2. The summed E-state index contributed by atoms with van der Waals surface area (Å²) in [7, 11) is -3.32. The lowest BCUT2D eigenvalue weighted by Gasteiger charge is -2.36. The van der Waals surface area contributed by atoms with Gasteiger partial charge in [-0.25, -0.2) is 8.42 Å². The average molecular weight is 308 g/mol. The first kappa shape index (κ1) is 16.0. The minimum atomic E-state index is -3.32. The van der Waals surface area contributed by atoms with Gasteiger partial charge in [-0.3, -0.25) is 4.90 Å². The van der Waals surface area contributed by atoms with E-state index in [9.17, 15) is 8.42 Å². The predicted octanol–water partition coefficient (Wildman–Crippen LogP) is 1.44. The number of nitriles is 1. The first-order chi connectivity index (χ1) is 9.92. The molecule has 0 aromatic heterocycles. The van der Waals surface area contributed by atoms with Crippen LogP contribution >= 0.6 is 0 Å². The third-order valence-electron chi connectivity index (χ3n) is 3.73. The number of ether oxygens (including phenoxy) is 1. The van der Waals surface area contributed by atoms with Gasteiger partial charge in [0.05, 0.1) is 35.0 Å². The van der Waals surface area contributed by atoms with E-state index in [0.717, 1.165) is 6.54 Å². The molecule has 21 heavy (non-hydrogen) atoms. The average Bonchev–Trinajstić information content (AvgIpc) is 2.48. The van der Waals surface area contributed by atoms with Crippen molar-refractivity contribution >= 4 is 9.84 Å². The zero-order valence-corrected chi connectivity index (χ0v) is 13.1. The highest BCUT2D eigenvalue weighted by atomic mass is 32.2. The number of sulfone groups is 1. The normalized spacial score (nSPS) is 23.7. The van der Waals surface area contributed by atoms with Gasteiger partial charge in [0.1, 0.15) is 0 Å². The van der Waals surface area contributed by atoms with Crippen LogP contribution in [0, 0.1) is 11.3 Å². The van der Waals surface area contributed by atoms with Gasteiger partial charge in [-0.1, -0.05) is 0 Å². The zero-order valence-electron chi connectivity index (χ0n) is 12.3. The molecule has 2 atom stereocenters. The Bertz CT molecular complexity index is 619. The Morgan fingerprint density at radius 3 is 2.62 bits per heavy atom. The van der Waals surface area contributed by atoms with Gasteiger partial charge >= 0.3 is 0 Å². The van der Waals surface area contributed by atoms with Gasteiger partial charge in [0.25, 0.3) is 0 Å². The first-order valence-corrected chi connectivity index (χ1v) is 8.66. The van der Waals surface area contributed by atoms with Crippen molar-refractivity contribution in [3.8, 4) is 6.07 Å². The Morgan fingerprint density at radius 2 is 2.00 bits per heavy atom. The quantitative estimate of drug-likeness (QED) is 0.842. The van der Waals surface area contributed by atoms with E-state index in [-0.39, 0.29) is 22.8 Å². The Morgan fingerprint density at radius 1 is 1.33 bits per heavy atom. The molecule has 0 amide bonds. The number of hydrogen-bond acceptors (Lipinski definition) is 5. The molecule has 2 unspecified atom stereocenters. The topological polar surface area (TPSA) is 70.4 Å². The van der Waals surface area contributed by atoms with Crippen molar-refractivity contribution in [1.82, 2.24) is 4.90 Å². The molecular formula is C15H20N2O3S. The molecule has 0 saturated carbocycles. The van der Waals surface area contributed by atoms with E-state index in [0.29, 0.717) is 18.7 Å². The highest BCUT2D eigenvalue weighted by Gasteiger charge is 2.25. The van der Waals surface area contributed by atoms with E-state index in [1.54, 1.807) is 0 Å². The first-order valence-electron chi connectivity index (χ1n) is 7.01. The fourth-order valence-electron chi connectivity index (χ4n) is 2.38. The standard InChI is InChI=1S/C15H20N2O3S/c1-12-11-20-13(2)10-17(12)7-8-21(18,19)15-5-3-14(9-16)4-6-15/h3-6,12-13H,7-8,10-11H2,1-2H3. The highest BCUT2D eigenvalue weighted by molar-refractivity contribution is 7.91. The monoisotopic (exact) mass is 308 g/mol. The molecule has 0 aliphatic carbocycles. The maximum absolute atomic E-state index is 12.3. The molecule has 114 valence electrons. The van der Waals surface area contributed by atoms with Gasteiger partial charge in [-0.2, -0.15) is 5.26 Å². The van der Waals surface area contributed by atoms with Crippen LogP contribution in [-0.2, 0) is 14.6 Å². The highest BCUT2D eigenvalue weighted by Crippen LogP contribution is 2.15. The summed E-state index contributed by atoms with van der Waals surface area (Å²) >= 11 is 0. The molecule has 1 aliphatic heterocycles. The molecule has 0 N–H and O–H groups in total. The molecule has 0 radical (unpaired) electrons. The molecule has 1 fully saturated rings. The van der Waals surface area contributed by atoms with Crippen LogP contribution in [0.25, 0.3) is 0 Å². The number of nitrogens with zero attached hydrogens (tertiary/aromatic N) is 2. The molecule has 0 bridgehead atoms. The summed E-state index contributed by atoms with van der Waals surface area (Å²) < 4.78 is 30.2. The Labute approximate surface area is 126 Å². The van der Waals surface area contributed by atoms with E-state index in [1.807, 2.05) is 19.9 Å². The fourth-order valence-corrected chi connectivity index (χ4v) is 3.64. The van der Waals surface area contributed by atoms with Crippen LogP contribution in [0.3, 0.4) is 0 Å². The molecule has 1 heterocycles. The van der Waals surface area contributed by atoms with Crippen molar-refractivity contribution < 1.29 is 13.2 Å². The minimum Gasteiger partial charge on any atom is -0.376 e. The number of rotatable bonds is 4. The fraction of sp³-hybridized carbons (Fsp3) is 0.533. The van der Waals surface area contributed by atoms with E-state index in [1.165, 1.54) is 24.3 Å². The summed E-state index contributed by atoms with van der Waals surface area (Å²) in [4.78, 5) is 2.42. The van der Waals surface area contributed by atoms with Crippen molar-refractivity contribution in [3.05, 3.63) is 29.8 Å². The number of hydrogen-bond donors (Lipinski definition) is 0. The molecule has 6 heteroatoms. The van der Waals surface area contributed by atoms with Gasteiger partial charge in [0, 0.05) is 19.1 Å². The lowest BCUT2D eigenvalue weighted by molar-refractivity contribution is -0.0469. The summed E-state index contributed by atoms with van der Waals surface area (Å²) in [6.45, 7) is 5.92. The molecule has 1 aliphatic rings. The van der Waals surface area contributed by atoms with E-state index < -0.39 is 9.84 Å². The van der Waals surface area contributed by atoms with Crippen molar-refractivity contribution in [1.29, 1.82) is 5.26 Å². The Hall–Kier alpha value is -1.42. The summed E-state index contributed by atoms with van der Waals surface area (Å²) in [6.07, 6.45) is 0.138. The van der Waals surface area contributed by atoms with E-state index >= 15 is 0 Å². The summed E-state index contributed by atoms with van der Waals surface area (Å²) in [6, 6.07) is 8.28. The third kappa shape index (κ3) is 4.03. The summed E-state index contributed by atoms with van der Waals surface area (Å²) in [5.41, 5.74) is 0.463. The Balaban J connectivity index is 2.02. The third-order valence-corrected chi connectivity index (χ3v) is 5.44. The van der Waals surface area contributed by atoms with E-state index in [2.05, 4.69) is 4.90 Å². The molecule has 1 aromatic carbocycles. The van der Waals surface area contributed by atoms with Crippen LogP contribution in [0.4, 0.5) is 0 Å². The minimum absolute atomic E-state index is 0.0793. The van der Waals surface area contributed by atoms with Crippen LogP contribution in [0.15, 0.2) is 29.2 Å². The second-order valence-electron chi connectivity index (χ2n) is 5.44. The maximum atomic E-state index is 12.3. The Kier molecular flexibility index (Phi) is 4.99. The molecule has 0 spiro atoms. The van der Waals surface area contributed by atoms with Gasteiger partial charge in [-0.05, 0) is 38.1 Å². The van der Waals surface area contributed by atoms with Gasteiger partial charge in [0.2, 0.25) is 0 Å². The molecule has 2 rings (SSSR count). The van der Waals surface area contributed by atoms with Gasteiger partial charge in [0.15, 0.2) is 9.84 Å². The number of morpholine rings is 1. The maximum Gasteiger partial charge on any atom is 0.179 e. The molecule has 1 aromatic rings. The van der Waals surface area contributed by atoms with E-state index in [4.69, 9.17) is 10.00 Å². The second kappa shape index (κ2) is 6.56. The smallest absolute Gasteiger partial charge is 0.179 e. The molecule has 5 nitrogen and oxygen atoms in total. The summed E-state index contributed by atoms with van der Waals surface area (Å²) in [5.74, 6) is 0.0793. The molecule has 1 saturated heterocycles. The summed E-state index contributed by atoms with van der Waals surface area (Å²) in [5, 5.41) is 8.74. The van der Waals surface area contributed by atoms with Crippen molar-refractivity contribution in [2.75, 3.05) is 25.4 Å².